The second kappa shape index (κ2) is 7.79. The van der Waals surface area contributed by atoms with E-state index in [1.807, 2.05) is 0 Å². The molecule has 0 unspecified atom stereocenters. The first-order chi connectivity index (χ1) is 7.64. The minimum atomic E-state index is -1.08. The average Bonchev–Trinajstić information content (AvgIpc) is 2.15. The molecule has 0 N–H and O–H groups in total. The standard InChI is InChI=1S/C11H19Si2.3CH3.Sn/c1-12(2)10-6-8-11(9-7-10)13(3,4)5;;;;/h6-9H,1-5H3;3*1H3;. The Morgan fingerprint density at radius 3 is 1.47 bits per heavy atom. The van der Waals surface area contributed by atoms with Gasteiger partial charge in [0.15, 0.2) is 0 Å². The minimum absolute atomic E-state index is 0.258. The zero-order chi connectivity index (χ0) is 13.6. The van der Waals surface area contributed by atoms with Crippen molar-refractivity contribution in [3.8, 4) is 0 Å². The van der Waals surface area contributed by atoms with E-state index in [9.17, 15) is 0 Å². The summed E-state index contributed by atoms with van der Waals surface area (Å²) < 4.78 is 0. The van der Waals surface area contributed by atoms with Gasteiger partial charge in [0.05, 0.1) is 16.9 Å². The van der Waals surface area contributed by atoms with Crippen molar-refractivity contribution in [3.63, 3.8) is 0 Å². The first-order valence-electron chi connectivity index (χ1n) is 6.32. The molecule has 0 bridgehead atoms. The molecule has 17 heavy (non-hydrogen) atoms. The molecular formula is C14H28Si2Sn. The van der Waals surface area contributed by atoms with Crippen molar-refractivity contribution in [1.82, 2.24) is 0 Å². The molecule has 1 rings (SSSR count). The predicted molar refractivity (Wildman–Crippen MR) is 89.9 cm³/mol. The quantitative estimate of drug-likeness (QED) is 0.698. The van der Waals surface area contributed by atoms with Gasteiger partial charge in [0.25, 0.3) is 0 Å². The van der Waals surface area contributed by atoms with Crippen LogP contribution in [0.15, 0.2) is 24.3 Å². The molecule has 0 atom stereocenters. The van der Waals surface area contributed by atoms with Crippen molar-refractivity contribution in [2.24, 2.45) is 0 Å². The van der Waals surface area contributed by atoms with Crippen molar-refractivity contribution < 1.29 is 0 Å². The fourth-order valence-electron chi connectivity index (χ4n) is 1.30. The summed E-state index contributed by atoms with van der Waals surface area (Å²) in [6.45, 7) is 11.9. The summed E-state index contributed by atoms with van der Waals surface area (Å²) in [7, 11) is -1.34. The van der Waals surface area contributed by atoms with Crippen molar-refractivity contribution in [1.29, 1.82) is 0 Å². The number of benzene rings is 1. The van der Waals surface area contributed by atoms with E-state index in [1.54, 1.807) is 10.4 Å². The van der Waals surface area contributed by atoms with Crippen LogP contribution in [0.3, 0.4) is 0 Å². The fraction of sp³-hybridized carbons (Fsp3) is 0.571. The SMILES string of the molecule is C[Si](C)c1ccc([Si](C)(C)C)cc1.[CH3][Sn]([CH3])[CH3]. The van der Waals surface area contributed by atoms with Gasteiger partial charge < -0.3 is 0 Å². The summed E-state index contributed by atoms with van der Waals surface area (Å²) in [5, 5.41) is 3.12. The van der Waals surface area contributed by atoms with Gasteiger partial charge in [0.1, 0.15) is 0 Å². The van der Waals surface area contributed by atoms with E-state index >= 15 is 0 Å². The normalized spacial score (nSPS) is 11.4. The van der Waals surface area contributed by atoms with Crippen molar-refractivity contribution in [2.75, 3.05) is 0 Å². The zero-order valence-corrected chi connectivity index (χ0v) is 17.7. The molecule has 96 valence electrons. The van der Waals surface area contributed by atoms with Gasteiger partial charge in [-0.3, -0.25) is 0 Å². The van der Waals surface area contributed by atoms with Gasteiger partial charge in [0.2, 0.25) is 0 Å². The van der Waals surface area contributed by atoms with Crippen LogP contribution in [0.1, 0.15) is 0 Å². The van der Waals surface area contributed by atoms with Gasteiger partial charge in [0, 0.05) is 0 Å². The van der Waals surface area contributed by atoms with E-state index in [0.29, 0.717) is 0 Å². The van der Waals surface area contributed by atoms with Crippen LogP contribution in [-0.2, 0) is 0 Å². The second-order valence-electron chi connectivity index (χ2n) is 6.33. The van der Waals surface area contributed by atoms with Gasteiger partial charge >= 0.3 is 34.6 Å². The number of rotatable bonds is 2. The average molecular weight is 371 g/mol. The fourth-order valence-corrected chi connectivity index (χ4v) is 3.30. The Morgan fingerprint density at radius 1 is 0.882 bits per heavy atom. The molecule has 0 aromatic heterocycles. The summed E-state index contributed by atoms with van der Waals surface area (Å²) in [5.74, 6) is 0. The molecule has 0 nitrogen and oxygen atoms in total. The molecule has 3 heteroatoms. The van der Waals surface area contributed by atoms with E-state index in [2.05, 4.69) is 71.8 Å². The van der Waals surface area contributed by atoms with Crippen LogP contribution in [-0.4, -0.2) is 36.6 Å². The summed E-state index contributed by atoms with van der Waals surface area (Å²) >= 11 is -0.543. The topological polar surface area (TPSA) is 0 Å². The Hall–Kier alpha value is 0.452. The Balaban J connectivity index is 0.000000557. The Bertz CT molecular complexity index is 307. The molecule has 1 aromatic carbocycles. The molecule has 0 aliphatic rings. The summed E-state index contributed by atoms with van der Waals surface area (Å²) in [6.07, 6.45) is 0. The van der Waals surface area contributed by atoms with E-state index in [4.69, 9.17) is 0 Å². The van der Waals surface area contributed by atoms with Crippen LogP contribution in [0.2, 0.25) is 47.6 Å². The molecule has 1 aromatic rings. The molecule has 0 aliphatic heterocycles. The molecule has 0 fully saturated rings. The van der Waals surface area contributed by atoms with Crippen LogP contribution in [0.4, 0.5) is 0 Å². The van der Waals surface area contributed by atoms with Gasteiger partial charge in [-0.15, -0.1) is 0 Å². The molecule has 0 heterocycles. The second-order valence-corrected chi connectivity index (χ2v) is 22.5. The monoisotopic (exact) mass is 372 g/mol. The van der Waals surface area contributed by atoms with Crippen LogP contribution in [0.25, 0.3) is 0 Å². The van der Waals surface area contributed by atoms with Gasteiger partial charge in [-0.05, 0) is 0 Å². The van der Waals surface area contributed by atoms with Crippen LogP contribution in [0, 0.1) is 0 Å². The third-order valence-corrected chi connectivity index (χ3v) is 5.88. The van der Waals surface area contributed by atoms with Crippen molar-refractivity contribution >= 4 is 47.0 Å². The summed E-state index contributed by atoms with van der Waals surface area (Å²) in [5.41, 5.74) is 0. The van der Waals surface area contributed by atoms with Crippen LogP contribution in [0.5, 0.6) is 0 Å². The molecule has 0 spiro atoms. The Labute approximate surface area is 118 Å². The zero-order valence-electron chi connectivity index (χ0n) is 12.8. The maximum absolute atomic E-state index is 2.39. The van der Waals surface area contributed by atoms with E-state index in [0.717, 1.165) is 0 Å². The molecule has 0 amide bonds. The summed E-state index contributed by atoms with van der Waals surface area (Å²) in [6, 6.07) is 9.31. The van der Waals surface area contributed by atoms with E-state index in [-0.39, 0.29) is 8.80 Å². The first kappa shape index (κ1) is 17.5. The van der Waals surface area contributed by atoms with E-state index in [1.165, 1.54) is 0 Å². The van der Waals surface area contributed by atoms with Crippen molar-refractivity contribution in [2.45, 2.75) is 47.6 Å². The van der Waals surface area contributed by atoms with Gasteiger partial charge in [-0.1, -0.05) is 67.4 Å². The molecule has 0 aliphatic carbocycles. The predicted octanol–water partition coefficient (Wildman–Crippen LogP) is 3.56. The van der Waals surface area contributed by atoms with Gasteiger partial charge in [-0.2, -0.15) is 0 Å². The third kappa shape index (κ3) is 8.22. The molecule has 0 saturated heterocycles. The maximum atomic E-state index is 2.39. The number of hydrogen-bond acceptors (Lipinski definition) is 0. The Kier molecular flexibility index (Phi) is 8.00. The first-order valence-corrected chi connectivity index (χ1v) is 20.9. The number of hydrogen-bond donors (Lipinski definition) is 0. The molecule has 2 radical (unpaired) electrons. The van der Waals surface area contributed by atoms with Crippen molar-refractivity contribution in [3.05, 3.63) is 24.3 Å². The van der Waals surface area contributed by atoms with Gasteiger partial charge in [-0.25, -0.2) is 0 Å². The Morgan fingerprint density at radius 2 is 1.24 bits per heavy atom. The van der Waals surface area contributed by atoms with Crippen LogP contribution >= 0.6 is 0 Å². The molecular weight excluding hydrogens is 343 g/mol. The molecule has 0 saturated carbocycles. The summed E-state index contributed by atoms with van der Waals surface area (Å²) in [4.78, 5) is 7.09. The third-order valence-electron chi connectivity index (χ3n) is 2.33. The van der Waals surface area contributed by atoms with E-state index < -0.39 is 27.8 Å². The van der Waals surface area contributed by atoms with Crippen LogP contribution < -0.4 is 10.4 Å².